The van der Waals surface area contributed by atoms with E-state index in [9.17, 15) is 0 Å². The van der Waals surface area contributed by atoms with E-state index in [1.54, 1.807) is 0 Å². The summed E-state index contributed by atoms with van der Waals surface area (Å²) in [5.41, 5.74) is 51.9. The van der Waals surface area contributed by atoms with E-state index in [1.165, 1.54) is 246 Å². The van der Waals surface area contributed by atoms with Crippen LogP contribution in [-0.4, -0.2) is 22.8 Å². The molecule has 0 spiro atoms. The van der Waals surface area contributed by atoms with Gasteiger partial charge >= 0.3 is 0 Å². The van der Waals surface area contributed by atoms with Crippen molar-refractivity contribution in [1.29, 1.82) is 0 Å². The van der Waals surface area contributed by atoms with Crippen molar-refractivity contribution in [1.82, 2.24) is 22.8 Å². The molecule has 146 heavy (non-hydrogen) atoms. The molecule has 0 atom stereocenters. The minimum Gasteiger partial charge on any atom is -0.303 e. The zero-order valence-electron chi connectivity index (χ0n) is 85.7. The van der Waals surface area contributed by atoms with Gasteiger partial charge in [-0.05, 0) is 190 Å². The predicted molar refractivity (Wildman–Crippen MR) is 601 cm³/mol. The molecule has 10 heteroatoms. The first-order valence-corrected chi connectivity index (χ1v) is 52.3. The summed E-state index contributed by atoms with van der Waals surface area (Å²) in [6, 6.07) is 141. The lowest BCUT2D eigenvalue weighted by Gasteiger charge is -2.24. The van der Waals surface area contributed by atoms with Crippen LogP contribution in [0.3, 0.4) is 0 Å². The lowest BCUT2D eigenvalue weighted by molar-refractivity contribution is -0.672. The van der Waals surface area contributed by atoms with Crippen LogP contribution in [0.1, 0.15) is 171 Å². The molecule has 0 amide bonds. The molecule has 0 saturated heterocycles. The minimum atomic E-state index is 0.400. The molecule has 0 N–H and O–H groups in total. The van der Waals surface area contributed by atoms with Crippen LogP contribution >= 0.6 is 0 Å². The highest BCUT2D eigenvalue weighted by Gasteiger charge is 2.42. The van der Waals surface area contributed by atoms with E-state index in [0.717, 1.165) is 32.7 Å². The molecule has 15 heterocycles. The molecule has 0 radical (unpaired) electrons. The predicted octanol–water partition coefficient (Wildman–Crippen LogP) is 31.3. The van der Waals surface area contributed by atoms with Gasteiger partial charge in [-0.25, -0.2) is 0 Å². The Bertz CT molecular complexity index is 8900. The fourth-order valence-corrected chi connectivity index (χ4v) is 24.4. The van der Waals surface area contributed by atoms with Crippen LogP contribution in [-0.2, 0) is 32.7 Å². The number of nitrogens with zero attached hydrogens (tertiary/aromatic N) is 10. The summed E-state index contributed by atoms with van der Waals surface area (Å²) < 4.78 is 24.4. The normalized spacial score (nSPS) is 12.5. The Morgan fingerprint density at radius 1 is 0.199 bits per heavy atom. The number of aromatic nitrogens is 10. The molecule has 0 bridgehead atoms. The number of fused-ring (bicyclic) bond motifs is 25. The van der Waals surface area contributed by atoms with Crippen molar-refractivity contribution in [2.45, 2.75) is 152 Å². The molecule has 10 nitrogen and oxygen atoms in total. The molecule has 5 aliphatic heterocycles. The summed E-state index contributed by atoms with van der Waals surface area (Å²) in [5, 5.41) is 6.77. The average Bonchev–Trinajstić information content (AvgIpc) is 1.57. The van der Waals surface area contributed by atoms with Crippen molar-refractivity contribution < 1.29 is 22.8 Å². The second kappa shape index (κ2) is 37.9. The van der Waals surface area contributed by atoms with E-state index >= 15 is 0 Å². The third-order valence-electron chi connectivity index (χ3n) is 30.9. The van der Waals surface area contributed by atoms with Gasteiger partial charge in [0.15, 0.2) is 63.7 Å². The number of hydrogen-bond acceptors (Lipinski definition) is 0. The average molecular weight is 1900 g/mol. The molecule has 10 aromatic heterocycles. The molecular formula is C136H123N10+5. The molecule has 0 aliphatic carbocycles. The summed E-state index contributed by atoms with van der Waals surface area (Å²) in [6.07, 6.45) is 11.0. The monoisotopic (exact) mass is 1900 g/mol. The molecule has 13 aromatic carbocycles. The van der Waals surface area contributed by atoms with Gasteiger partial charge in [0.1, 0.15) is 28.5 Å². The molecule has 5 aliphatic rings. The molecule has 28 rings (SSSR count). The van der Waals surface area contributed by atoms with Gasteiger partial charge in [0.25, 0.3) is 0 Å². The van der Waals surface area contributed by atoms with E-state index in [0.29, 0.717) is 29.6 Å². The van der Waals surface area contributed by atoms with Crippen LogP contribution in [0.2, 0.25) is 0 Å². The lowest BCUT2D eigenvalue weighted by Crippen LogP contribution is -2.31. The summed E-state index contributed by atoms with van der Waals surface area (Å²) in [5.74, 6) is 2.22. The molecule has 712 valence electrons. The van der Waals surface area contributed by atoms with Crippen molar-refractivity contribution in [3.8, 4) is 119 Å². The van der Waals surface area contributed by atoms with Gasteiger partial charge in [-0.3, -0.25) is 0 Å². The maximum Gasteiger partial charge on any atom is 0.230 e. The van der Waals surface area contributed by atoms with Crippen LogP contribution in [0.4, 0.5) is 0 Å². The Kier molecular flexibility index (Phi) is 23.8. The largest absolute Gasteiger partial charge is 0.303 e. The molecular weight excluding hydrogens is 1770 g/mol. The Labute approximate surface area is 856 Å². The summed E-state index contributed by atoms with van der Waals surface area (Å²) in [7, 11) is 0. The Morgan fingerprint density at radius 3 is 0.788 bits per heavy atom. The maximum atomic E-state index is 2.57. The van der Waals surface area contributed by atoms with Crippen molar-refractivity contribution in [3.63, 3.8) is 0 Å². The highest BCUT2D eigenvalue weighted by Crippen LogP contribution is 2.51. The first-order valence-electron chi connectivity index (χ1n) is 52.3. The number of para-hydroxylation sites is 8. The molecule has 0 unspecified atom stereocenters. The third-order valence-corrected chi connectivity index (χ3v) is 30.9. The molecule has 0 fully saturated rings. The fraction of sp³-hybridized carbons (Fsp3) is 0.169. The van der Waals surface area contributed by atoms with Crippen molar-refractivity contribution in [3.05, 3.63) is 492 Å². The van der Waals surface area contributed by atoms with E-state index in [1.807, 2.05) is 0 Å². The van der Waals surface area contributed by atoms with E-state index in [2.05, 4.69) is 555 Å². The Balaban J connectivity index is 0.0000000984. The first kappa shape index (κ1) is 91.8. The highest BCUT2D eigenvalue weighted by atomic mass is 15.1. The SMILES string of the molecule is CC(C)c1cc(-c2ccccc2)cc(C(C)C)c1-n1c2c(c3ccccc31)C[n+]1ccccc1-2.CC(C)c1cccc(C(C)C)c1-n1c2c(c3ccccc31)C[n+]1ccccc1-2.CC(C)c1ccccc1-n1c2c(c3ccccc31)C[n+]1ccccc1-2.Cc1cc(C)c(-n2c3c(c4ccccc42)C[n+]2ccccc2-3)c(C)c1.c1ccc(-c2cccc(-c3ccccc3)c2-n2c3c(c4ccccc42)C[n+]2ccccc2-3)cc1. The van der Waals surface area contributed by atoms with Gasteiger partial charge in [0.2, 0.25) is 28.5 Å². The van der Waals surface area contributed by atoms with Gasteiger partial charge in [-0.1, -0.05) is 324 Å². The van der Waals surface area contributed by atoms with E-state index in [-0.39, 0.29) is 0 Å². The third kappa shape index (κ3) is 15.6. The number of rotatable bonds is 13. The lowest BCUT2D eigenvalue weighted by atomic mass is 9.88. The Hall–Kier alpha value is -16.7. The van der Waals surface area contributed by atoms with Gasteiger partial charge in [-0.2, -0.15) is 22.8 Å². The highest BCUT2D eigenvalue weighted by molar-refractivity contribution is 6.01. The van der Waals surface area contributed by atoms with Crippen LogP contribution in [0.25, 0.3) is 173 Å². The number of pyridine rings is 5. The number of hydrogen-bond donors (Lipinski definition) is 0. The molecule has 0 saturated carbocycles. The topological polar surface area (TPSA) is 44.0 Å². The zero-order valence-corrected chi connectivity index (χ0v) is 85.7. The van der Waals surface area contributed by atoms with Gasteiger partial charge in [0, 0.05) is 104 Å². The van der Waals surface area contributed by atoms with Crippen molar-refractivity contribution in [2.24, 2.45) is 0 Å². The smallest absolute Gasteiger partial charge is 0.230 e. The Morgan fingerprint density at radius 2 is 0.452 bits per heavy atom. The van der Waals surface area contributed by atoms with Crippen LogP contribution in [0.5, 0.6) is 0 Å². The number of benzene rings is 13. The van der Waals surface area contributed by atoms with Crippen LogP contribution < -0.4 is 22.8 Å². The van der Waals surface area contributed by atoms with E-state index in [4.69, 9.17) is 0 Å². The first-order chi connectivity index (χ1) is 71.4. The second-order valence-electron chi connectivity index (χ2n) is 41.6. The maximum absolute atomic E-state index is 2.57. The van der Waals surface area contributed by atoms with Crippen LogP contribution in [0, 0.1) is 20.8 Å². The van der Waals surface area contributed by atoms with Crippen LogP contribution in [0.15, 0.2) is 419 Å². The van der Waals surface area contributed by atoms with Gasteiger partial charge in [-0.15, -0.1) is 0 Å². The molecule has 23 aromatic rings. The fourth-order valence-electron chi connectivity index (χ4n) is 24.4. The van der Waals surface area contributed by atoms with Crippen molar-refractivity contribution in [2.75, 3.05) is 0 Å². The summed E-state index contributed by atoms with van der Waals surface area (Å²) in [6.45, 7) is 34.3. The number of aryl methyl sites for hydroxylation is 3. The standard InChI is InChI=1S/C32H23N2.C32H31N2.C26H27N2.2C23H21N2/c1-3-12-23(13-4-1)25-17-11-18-26(24-14-5-2-6-15-24)31(25)34-29-19-8-7-16-27(29)28-22-33-21-10-9-20-30(33)32(28)34;1-21(2)26-18-24(23-12-6-5-7-13-23)19-27(22(3)4)31(26)34-29-15-9-8-14-25(29)28-20-33-17-11-10-16-30(33)32(28)34;1-17(2)19-11-9-12-20(18(3)4)25(19)28-23-13-6-5-10-21(23)22-16-27-15-8-7-14-24(27)26(22)28;1-15-12-16(2)22(17(3)13-15)25-20-9-5-4-8-18(20)19-14-24-11-7-6-10-21(24)23(19)25;1-16(2)17-9-3-5-11-20(17)25-21-12-6-4-10-18(21)19-15-24-14-8-7-13-22(24)23(19)25/h1-21H,22H2;5-19,21-22H,20H2,1-4H3;5-15,17-18H,16H2,1-4H3;4-13H,14H2,1-3H3;3-14,16H,15H2,1-2H3/q5*+1. The summed E-state index contributed by atoms with van der Waals surface area (Å²) in [4.78, 5) is 0. The minimum absolute atomic E-state index is 0.400. The zero-order chi connectivity index (χ0) is 99.4. The quantitative estimate of drug-likeness (QED) is 0.103. The van der Waals surface area contributed by atoms with Gasteiger partial charge in [0.05, 0.1) is 78.2 Å². The van der Waals surface area contributed by atoms with E-state index < -0.39 is 0 Å². The summed E-state index contributed by atoms with van der Waals surface area (Å²) >= 11 is 0. The van der Waals surface area contributed by atoms with Gasteiger partial charge < -0.3 is 22.8 Å². The second-order valence-corrected chi connectivity index (χ2v) is 41.6. The van der Waals surface area contributed by atoms with Crippen molar-refractivity contribution >= 4 is 54.5 Å².